The molecule has 0 spiro atoms. The van der Waals surface area contributed by atoms with E-state index in [2.05, 4.69) is 43.0 Å². The lowest BCUT2D eigenvalue weighted by Gasteiger charge is -2.29. The van der Waals surface area contributed by atoms with Gasteiger partial charge in [-0.25, -0.2) is 0 Å². The monoisotopic (exact) mass is 268 g/mol. The highest BCUT2D eigenvalue weighted by Crippen LogP contribution is 2.24. The number of nitrogens with zero attached hydrogens (tertiary/aromatic N) is 3. The Bertz CT molecular complexity index is 387. The Morgan fingerprint density at radius 2 is 2.11 bits per heavy atom. The third-order valence-corrected chi connectivity index (χ3v) is 3.30. The van der Waals surface area contributed by atoms with Crippen LogP contribution in [0.3, 0.4) is 0 Å². The van der Waals surface area contributed by atoms with Gasteiger partial charge in [0.2, 0.25) is 0 Å². The molecule has 19 heavy (non-hydrogen) atoms. The van der Waals surface area contributed by atoms with E-state index in [0.29, 0.717) is 6.04 Å². The SMILES string of the molecule is CCNCc1c(C)nn(C)c1N(CCOC)C(C)C. The van der Waals surface area contributed by atoms with Gasteiger partial charge in [0.05, 0.1) is 12.3 Å². The summed E-state index contributed by atoms with van der Waals surface area (Å²) in [5.74, 6) is 1.20. The minimum atomic E-state index is 0.422. The fourth-order valence-electron chi connectivity index (χ4n) is 2.30. The summed E-state index contributed by atoms with van der Waals surface area (Å²) < 4.78 is 7.21. The molecular weight excluding hydrogens is 240 g/mol. The summed E-state index contributed by atoms with van der Waals surface area (Å²) in [5, 5.41) is 7.97. The summed E-state index contributed by atoms with van der Waals surface area (Å²) in [4.78, 5) is 2.36. The molecule has 0 saturated heterocycles. The number of methoxy groups -OCH3 is 1. The van der Waals surface area contributed by atoms with Crippen LogP contribution in [0.25, 0.3) is 0 Å². The highest BCUT2D eigenvalue weighted by atomic mass is 16.5. The molecule has 0 aliphatic heterocycles. The van der Waals surface area contributed by atoms with Crippen LogP contribution in [0, 0.1) is 6.92 Å². The Hall–Kier alpha value is -1.07. The molecule has 0 aliphatic rings. The first-order valence-electron chi connectivity index (χ1n) is 7.01. The Labute approximate surface area is 116 Å². The molecule has 1 aromatic heterocycles. The molecule has 0 unspecified atom stereocenters. The highest BCUT2D eigenvalue weighted by molar-refractivity contribution is 5.51. The molecule has 1 aromatic rings. The summed E-state index contributed by atoms with van der Waals surface area (Å²) in [6, 6.07) is 0.422. The van der Waals surface area contributed by atoms with Gasteiger partial charge in [-0.2, -0.15) is 5.10 Å². The molecule has 0 radical (unpaired) electrons. The largest absolute Gasteiger partial charge is 0.383 e. The van der Waals surface area contributed by atoms with E-state index in [-0.39, 0.29) is 0 Å². The van der Waals surface area contributed by atoms with Crippen LogP contribution in [-0.2, 0) is 18.3 Å². The zero-order valence-corrected chi connectivity index (χ0v) is 13.2. The second-order valence-corrected chi connectivity index (χ2v) is 5.07. The minimum Gasteiger partial charge on any atom is -0.383 e. The standard InChI is InChI=1S/C14H28N4O/c1-7-15-10-13-12(4)16-17(5)14(13)18(11(2)3)8-9-19-6/h11,15H,7-10H2,1-6H3. The average Bonchev–Trinajstić information content (AvgIpc) is 2.62. The predicted molar refractivity (Wildman–Crippen MR) is 79.7 cm³/mol. The van der Waals surface area contributed by atoms with Gasteiger partial charge in [0, 0.05) is 38.9 Å². The molecule has 0 aliphatic carbocycles. The van der Waals surface area contributed by atoms with Crippen LogP contribution in [-0.4, -0.2) is 42.6 Å². The van der Waals surface area contributed by atoms with Crippen molar-refractivity contribution < 1.29 is 4.74 Å². The number of aromatic nitrogens is 2. The maximum atomic E-state index is 5.22. The van der Waals surface area contributed by atoms with Crippen LogP contribution < -0.4 is 10.2 Å². The van der Waals surface area contributed by atoms with Gasteiger partial charge >= 0.3 is 0 Å². The Kier molecular flexibility index (Phi) is 6.31. The number of hydrogen-bond acceptors (Lipinski definition) is 4. The van der Waals surface area contributed by atoms with Crippen molar-refractivity contribution in [1.29, 1.82) is 0 Å². The number of aryl methyl sites for hydroxylation is 2. The van der Waals surface area contributed by atoms with Crippen molar-refractivity contribution in [1.82, 2.24) is 15.1 Å². The van der Waals surface area contributed by atoms with Gasteiger partial charge in [0.15, 0.2) is 0 Å². The van der Waals surface area contributed by atoms with Crippen LogP contribution in [0.1, 0.15) is 32.0 Å². The number of rotatable bonds is 8. The van der Waals surface area contributed by atoms with Crippen molar-refractivity contribution in [2.75, 3.05) is 31.7 Å². The number of ether oxygens (including phenoxy) is 1. The van der Waals surface area contributed by atoms with Crippen molar-refractivity contribution in [3.8, 4) is 0 Å². The topological polar surface area (TPSA) is 42.3 Å². The van der Waals surface area contributed by atoms with E-state index in [1.54, 1.807) is 7.11 Å². The Balaban J connectivity index is 3.05. The molecule has 1 heterocycles. The van der Waals surface area contributed by atoms with Crippen molar-refractivity contribution in [3.63, 3.8) is 0 Å². The second kappa shape index (κ2) is 7.50. The first-order chi connectivity index (χ1) is 9.02. The van der Waals surface area contributed by atoms with Gasteiger partial charge in [-0.05, 0) is 27.3 Å². The lowest BCUT2D eigenvalue weighted by Crippen LogP contribution is -2.36. The highest BCUT2D eigenvalue weighted by Gasteiger charge is 2.20. The lowest BCUT2D eigenvalue weighted by molar-refractivity contribution is 0.203. The number of hydrogen-bond donors (Lipinski definition) is 1. The van der Waals surface area contributed by atoms with Gasteiger partial charge in [-0.1, -0.05) is 6.92 Å². The number of anilines is 1. The summed E-state index contributed by atoms with van der Waals surface area (Å²) in [7, 11) is 3.76. The molecule has 1 rings (SSSR count). The lowest BCUT2D eigenvalue weighted by atomic mass is 10.2. The molecule has 1 N–H and O–H groups in total. The van der Waals surface area contributed by atoms with Gasteiger partial charge < -0.3 is 15.0 Å². The van der Waals surface area contributed by atoms with E-state index < -0.39 is 0 Å². The first-order valence-corrected chi connectivity index (χ1v) is 7.01. The molecule has 0 amide bonds. The molecule has 0 saturated carbocycles. The third-order valence-electron chi connectivity index (χ3n) is 3.30. The predicted octanol–water partition coefficient (Wildman–Crippen LogP) is 1.70. The minimum absolute atomic E-state index is 0.422. The van der Waals surface area contributed by atoms with E-state index in [9.17, 15) is 0 Å². The van der Waals surface area contributed by atoms with Crippen LogP contribution in [0.15, 0.2) is 0 Å². The zero-order chi connectivity index (χ0) is 14.4. The fraction of sp³-hybridized carbons (Fsp3) is 0.786. The van der Waals surface area contributed by atoms with Gasteiger partial charge in [-0.3, -0.25) is 4.68 Å². The summed E-state index contributed by atoms with van der Waals surface area (Å²) in [6.07, 6.45) is 0. The quantitative estimate of drug-likeness (QED) is 0.779. The molecule has 5 nitrogen and oxygen atoms in total. The van der Waals surface area contributed by atoms with Crippen LogP contribution in [0.2, 0.25) is 0 Å². The second-order valence-electron chi connectivity index (χ2n) is 5.07. The fourth-order valence-corrected chi connectivity index (χ4v) is 2.30. The summed E-state index contributed by atoms with van der Waals surface area (Å²) in [6.45, 7) is 12.0. The molecule has 5 heteroatoms. The maximum absolute atomic E-state index is 5.22. The zero-order valence-electron chi connectivity index (χ0n) is 13.2. The normalized spacial score (nSPS) is 11.3. The van der Waals surface area contributed by atoms with E-state index in [0.717, 1.165) is 31.9 Å². The van der Waals surface area contributed by atoms with E-state index in [1.165, 1.54) is 11.4 Å². The molecule has 0 atom stereocenters. The van der Waals surface area contributed by atoms with Crippen molar-refractivity contribution in [2.24, 2.45) is 7.05 Å². The Morgan fingerprint density at radius 1 is 1.42 bits per heavy atom. The van der Waals surface area contributed by atoms with E-state index >= 15 is 0 Å². The van der Waals surface area contributed by atoms with Gasteiger partial charge in [0.1, 0.15) is 5.82 Å². The van der Waals surface area contributed by atoms with Crippen LogP contribution in [0.5, 0.6) is 0 Å². The maximum Gasteiger partial charge on any atom is 0.131 e. The molecule has 0 fully saturated rings. The number of nitrogens with one attached hydrogen (secondary N) is 1. The molecular formula is C14H28N4O. The van der Waals surface area contributed by atoms with Crippen molar-refractivity contribution in [3.05, 3.63) is 11.3 Å². The third kappa shape index (κ3) is 3.94. The molecule has 0 aromatic carbocycles. The van der Waals surface area contributed by atoms with Crippen molar-refractivity contribution >= 4 is 5.82 Å². The van der Waals surface area contributed by atoms with Crippen LogP contribution >= 0.6 is 0 Å². The van der Waals surface area contributed by atoms with E-state index in [4.69, 9.17) is 4.74 Å². The Morgan fingerprint density at radius 3 is 2.63 bits per heavy atom. The van der Waals surface area contributed by atoms with Gasteiger partial charge in [0.25, 0.3) is 0 Å². The average molecular weight is 268 g/mol. The van der Waals surface area contributed by atoms with Crippen molar-refractivity contribution in [2.45, 2.75) is 40.3 Å². The van der Waals surface area contributed by atoms with Crippen LogP contribution in [0.4, 0.5) is 5.82 Å². The molecule has 0 bridgehead atoms. The smallest absolute Gasteiger partial charge is 0.131 e. The summed E-state index contributed by atoms with van der Waals surface area (Å²) in [5.41, 5.74) is 2.38. The van der Waals surface area contributed by atoms with E-state index in [1.807, 2.05) is 11.7 Å². The first kappa shape index (κ1) is 16.0. The van der Waals surface area contributed by atoms with Gasteiger partial charge in [-0.15, -0.1) is 0 Å². The molecule has 110 valence electrons. The summed E-state index contributed by atoms with van der Waals surface area (Å²) >= 11 is 0.